The predicted octanol–water partition coefficient (Wildman–Crippen LogP) is 4.28. The van der Waals surface area contributed by atoms with Crippen LogP contribution in [0.4, 0.5) is 23.9 Å². The molecule has 0 bridgehead atoms. The number of amides is 1. The third-order valence-electron chi connectivity index (χ3n) is 4.14. The summed E-state index contributed by atoms with van der Waals surface area (Å²) in [5.41, 5.74) is 1.69. The van der Waals surface area contributed by atoms with Gasteiger partial charge in [0.15, 0.2) is 0 Å². The summed E-state index contributed by atoms with van der Waals surface area (Å²) >= 11 is 0. The molecule has 1 aromatic carbocycles. The molecule has 7 nitrogen and oxygen atoms in total. The second-order valence-electron chi connectivity index (χ2n) is 7.87. The third-order valence-corrected chi connectivity index (χ3v) is 4.14. The number of anilines is 1. The number of carbonyl (C=O) groups excluding carboxylic acids is 1. The van der Waals surface area contributed by atoms with Crippen molar-refractivity contribution in [3.8, 4) is 5.75 Å². The number of alkyl halides is 3. The number of ether oxygens (including phenoxy) is 2. The highest BCUT2D eigenvalue weighted by Gasteiger charge is 2.31. The largest absolute Gasteiger partial charge is 0.573 e. The van der Waals surface area contributed by atoms with Crippen LogP contribution in [0, 0.1) is 0 Å². The van der Waals surface area contributed by atoms with Crippen molar-refractivity contribution in [2.45, 2.75) is 52.2 Å². The van der Waals surface area contributed by atoms with Gasteiger partial charge in [-0.05, 0) is 44.9 Å². The number of nitrogens with zero attached hydrogens (tertiary/aromatic N) is 3. The van der Waals surface area contributed by atoms with E-state index in [0.717, 1.165) is 11.3 Å². The molecule has 2 heterocycles. The minimum atomic E-state index is -4.72. The first-order chi connectivity index (χ1) is 14.0. The van der Waals surface area contributed by atoms with Gasteiger partial charge in [-0.3, -0.25) is 4.90 Å². The number of carbonyl (C=O) groups is 1. The Morgan fingerprint density at radius 3 is 2.70 bits per heavy atom. The molecule has 1 N–H and O–H groups in total. The highest BCUT2D eigenvalue weighted by Crippen LogP contribution is 2.25. The molecule has 1 amide bonds. The van der Waals surface area contributed by atoms with E-state index in [1.165, 1.54) is 18.2 Å². The molecular weight excluding hydrogens is 401 g/mol. The van der Waals surface area contributed by atoms with Crippen LogP contribution in [-0.4, -0.2) is 39.5 Å². The van der Waals surface area contributed by atoms with Gasteiger partial charge in [-0.2, -0.15) is 0 Å². The van der Waals surface area contributed by atoms with Crippen molar-refractivity contribution in [1.29, 1.82) is 0 Å². The molecule has 0 fully saturated rings. The molecule has 162 valence electrons. The van der Waals surface area contributed by atoms with Gasteiger partial charge in [-0.15, -0.1) is 13.2 Å². The number of halogens is 3. The molecule has 30 heavy (non-hydrogen) atoms. The zero-order valence-corrected chi connectivity index (χ0v) is 16.9. The van der Waals surface area contributed by atoms with E-state index in [1.807, 2.05) is 0 Å². The third kappa shape index (κ3) is 6.23. The summed E-state index contributed by atoms with van der Waals surface area (Å²) in [5, 5.41) is 3.05. The van der Waals surface area contributed by atoms with Gasteiger partial charge in [0.2, 0.25) is 5.95 Å². The van der Waals surface area contributed by atoms with Crippen LogP contribution in [0.15, 0.2) is 30.5 Å². The minimum Gasteiger partial charge on any atom is -0.444 e. The predicted molar refractivity (Wildman–Crippen MR) is 103 cm³/mol. The maximum Gasteiger partial charge on any atom is 0.573 e. The lowest BCUT2D eigenvalue weighted by Crippen LogP contribution is -2.33. The Balaban J connectivity index is 1.54. The molecule has 3 rings (SSSR count). The Labute approximate surface area is 172 Å². The molecule has 0 spiro atoms. The monoisotopic (exact) mass is 424 g/mol. The normalized spacial score (nSPS) is 13.7. The van der Waals surface area contributed by atoms with Crippen LogP contribution in [0.1, 0.15) is 37.6 Å². The summed E-state index contributed by atoms with van der Waals surface area (Å²) in [6.07, 6.45) is -3.01. The molecule has 2 aromatic rings. The Bertz CT molecular complexity index is 913. The number of hydrogen-bond acceptors (Lipinski definition) is 6. The van der Waals surface area contributed by atoms with Gasteiger partial charge < -0.3 is 14.8 Å². The van der Waals surface area contributed by atoms with Gasteiger partial charge in [0.05, 0.1) is 18.8 Å². The number of benzene rings is 1. The second-order valence-corrected chi connectivity index (χ2v) is 7.87. The summed E-state index contributed by atoms with van der Waals surface area (Å²) in [7, 11) is 0. The van der Waals surface area contributed by atoms with Gasteiger partial charge in [0.1, 0.15) is 11.4 Å². The molecule has 0 unspecified atom stereocenters. The van der Waals surface area contributed by atoms with E-state index in [0.29, 0.717) is 37.6 Å². The average Bonchev–Trinajstić information content (AvgIpc) is 3.03. The van der Waals surface area contributed by atoms with Crippen molar-refractivity contribution >= 4 is 12.0 Å². The Kier molecular flexibility index (Phi) is 6.04. The minimum absolute atomic E-state index is 0.254. The molecule has 1 aliphatic heterocycles. The van der Waals surface area contributed by atoms with Crippen LogP contribution in [0.2, 0.25) is 0 Å². The zero-order valence-electron chi connectivity index (χ0n) is 16.9. The summed E-state index contributed by atoms with van der Waals surface area (Å²) in [6.45, 7) is 6.56. The first kappa shape index (κ1) is 21.7. The molecule has 1 aliphatic rings. The Morgan fingerprint density at radius 1 is 1.23 bits per heavy atom. The number of fused-ring (bicyclic) bond motifs is 1. The molecule has 0 saturated heterocycles. The lowest BCUT2D eigenvalue weighted by Gasteiger charge is -2.23. The quantitative estimate of drug-likeness (QED) is 0.772. The van der Waals surface area contributed by atoms with Gasteiger partial charge in [-0.1, -0.05) is 12.1 Å². The highest BCUT2D eigenvalue weighted by molar-refractivity contribution is 5.69. The van der Waals surface area contributed by atoms with Crippen molar-refractivity contribution in [3.63, 3.8) is 0 Å². The van der Waals surface area contributed by atoms with Crippen molar-refractivity contribution in [1.82, 2.24) is 14.9 Å². The SMILES string of the molecule is CC(C)(C)OC(=O)N1Cc2cnc(NCCc3cccc(OC(F)(F)F)c3)nc2C1. The molecule has 0 aliphatic carbocycles. The van der Waals surface area contributed by atoms with Gasteiger partial charge in [-0.25, -0.2) is 14.8 Å². The van der Waals surface area contributed by atoms with Crippen molar-refractivity contribution in [2.24, 2.45) is 0 Å². The number of nitrogens with one attached hydrogen (secondary N) is 1. The van der Waals surface area contributed by atoms with Crippen molar-refractivity contribution < 1.29 is 27.4 Å². The molecule has 0 radical (unpaired) electrons. The fourth-order valence-electron chi connectivity index (χ4n) is 2.91. The lowest BCUT2D eigenvalue weighted by molar-refractivity contribution is -0.274. The smallest absolute Gasteiger partial charge is 0.444 e. The fraction of sp³-hybridized carbons (Fsp3) is 0.450. The number of aromatic nitrogens is 2. The highest BCUT2D eigenvalue weighted by atomic mass is 19.4. The van der Waals surface area contributed by atoms with E-state index in [4.69, 9.17) is 4.74 Å². The van der Waals surface area contributed by atoms with Crippen LogP contribution >= 0.6 is 0 Å². The summed E-state index contributed by atoms with van der Waals surface area (Å²) < 4.78 is 46.3. The van der Waals surface area contributed by atoms with Crippen LogP contribution in [-0.2, 0) is 24.2 Å². The fourth-order valence-corrected chi connectivity index (χ4v) is 2.91. The Morgan fingerprint density at radius 2 is 2.00 bits per heavy atom. The van der Waals surface area contributed by atoms with E-state index >= 15 is 0 Å². The van der Waals surface area contributed by atoms with Gasteiger partial charge in [0.25, 0.3) is 0 Å². The van der Waals surface area contributed by atoms with Crippen molar-refractivity contribution in [3.05, 3.63) is 47.3 Å². The van der Waals surface area contributed by atoms with E-state index in [1.54, 1.807) is 37.9 Å². The summed E-state index contributed by atoms with van der Waals surface area (Å²) in [6, 6.07) is 5.82. The molecular formula is C20H23F3N4O3. The van der Waals surface area contributed by atoms with Crippen molar-refractivity contribution in [2.75, 3.05) is 11.9 Å². The maximum absolute atomic E-state index is 12.3. The topological polar surface area (TPSA) is 76.6 Å². The molecule has 10 heteroatoms. The molecule has 0 atom stereocenters. The van der Waals surface area contributed by atoms with E-state index in [9.17, 15) is 18.0 Å². The second kappa shape index (κ2) is 8.37. The van der Waals surface area contributed by atoms with E-state index in [-0.39, 0.29) is 5.75 Å². The van der Waals surface area contributed by atoms with Crippen LogP contribution in [0.3, 0.4) is 0 Å². The van der Waals surface area contributed by atoms with Gasteiger partial charge in [0, 0.05) is 18.3 Å². The summed E-state index contributed by atoms with van der Waals surface area (Å²) in [4.78, 5) is 22.4. The maximum atomic E-state index is 12.3. The number of rotatable bonds is 5. The van der Waals surface area contributed by atoms with Crippen LogP contribution < -0.4 is 10.1 Å². The standard InChI is InChI=1S/C20H23F3N4O3/c1-19(2,3)30-18(28)27-11-14-10-25-17(26-16(14)12-27)24-8-7-13-5-4-6-15(9-13)29-20(21,22)23/h4-6,9-10H,7-8,11-12H2,1-3H3,(H,24,25,26). The molecule has 0 saturated carbocycles. The van der Waals surface area contributed by atoms with E-state index in [2.05, 4.69) is 20.0 Å². The molecule has 1 aromatic heterocycles. The van der Waals surface area contributed by atoms with Crippen LogP contribution in [0.5, 0.6) is 5.75 Å². The Hall–Kier alpha value is -3.04. The number of hydrogen-bond donors (Lipinski definition) is 1. The average molecular weight is 424 g/mol. The van der Waals surface area contributed by atoms with Crippen LogP contribution in [0.25, 0.3) is 0 Å². The zero-order chi connectivity index (χ0) is 21.9. The van der Waals surface area contributed by atoms with Gasteiger partial charge >= 0.3 is 12.5 Å². The first-order valence-corrected chi connectivity index (χ1v) is 9.40. The first-order valence-electron chi connectivity index (χ1n) is 9.40. The van der Waals surface area contributed by atoms with E-state index < -0.39 is 18.1 Å². The lowest BCUT2D eigenvalue weighted by atomic mass is 10.1. The summed E-state index contributed by atoms with van der Waals surface area (Å²) in [5.74, 6) is 0.137.